The molecule has 0 atom stereocenters. The van der Waals surface area contributed by atoms with Gasteiger partial charge in [0.1, 0.15) is 0 Å². The van der Waals surface area contributed by atoms with Gasteiger partial charge in [0, 0.05) is 6.54 Å². The second-order valence-corrected chi connectivity index (χ2v) is 5.57. The van der Waals surface area contributed by atoms with E-state index < -0.39 is 34.9 Å². The van der Waals surface area contributed by atoms with Gasteiger partial charge in [-0.15, -0.1) is 13.2 Å². The molecule has 0 bridgehead atoms. The third-order valence-electron chi connectivity index (χ3n) is 3.15. The third-order valence-corrected chi connectivity index (χ3v) is 3.48. The number of para-hydroxylation sites is 2. The van der Waals surface area contributed by atoms with Gasteiger partial charge >= 0.3 is 18.6 Å². The largest absolute Gasteiger partial charge is 0.573 e. The van der Waals surface area contributed by atoms with E-state index in [9.17, 15) is 31.1 Å². The number of amides is 2. The molecule has 2 aromatic carbocycles. The summed E-state index contributed by atoms with van der Waals surface area (Å²) in [7, 11) is 0. The smallest absolute Gasteiger partial charge is 0.404 e. The first-order chi connectivity index (χ1) is 12.5. The number of benzene rings is 2. The first kappa shape index (κ1) is 20.7. The molecular weight excluding hydrogens is 402 g/mol. The van der Waals surface area contributed by atoms with Crippen LogP contribution >= 0.6 is 11.6 Å². The molecule has 0 aliphatic carbocycles. The molecule has 0 spiro atoms. The Hall–Kier alpha value is -2.62. The van der Waals surface area contributed by atoms with Crippen LogP contribution < -0.4 is 15.4 Å². The second-order valence-electron chi connectivity index (χ2n) is 5.16. The second kappa shape index (κ2) is 7.95. The zero-order chi connectivity index (χ0) is 20.2. The highest BCUT2D eigenvalue weighted by Gasteiger charge is 2.33. The number of anilines is 1. The third kappa shape index (κ3) is 6.24. The molecular formula is C16H11ClF6N2O2. The number of halogens is 7. The average Bonchev–Trinajstić information content (AvgIpc) is 2.53. The molecule has 2 rings (SSSR count). The zero-order valence-corrected chi connectivity index (χ0v) is 14.0. The summed E-state index contributed by atoms with van der Waals surface area (Å²) in [5.74, 6) is -0.633. The molecule has 2 N–H and O–H groups in total. The first-order valence-corrected chi connectivity index (χ1v) is 7.59. The van der Waals surface area contributed by atoms with E-state index in [0.717, 1.165) is 18.2 Å². The van der Waals surface area contributed by atoms with Crippen LogP contribution in [0.15, 0.2) is 42.5 Å². The molecule has 0 aliphatic rings. The van der Waals surface area contributed by atoms with Gasteiger partial charge in [-0.05, 0) is 29.8 Å². The summed E-state index contributed by atoms with van der Waals surface area (Å²) in [6.45, 7) is -0.311. The Morgan fingerprint density at radius 2 is 1.70 bits per heavy atom. The molecule has 0 aliphatic heterocycles. The fourth-order valence-electron chi connectivity index (χ4n) is 2.03. The Kier molecular flexibility index (Phi) is 6.09. The molecule has 0 unspecified atom stereocenters. The van der Waals surface area contributed by atoms with E-state index in [4.69, 9.17) is 11.6 Å². The molecule has 4 nitrogen and oxygen atoms in total. The van der Waals surface area contributed by atoms with E-state index in [1.165, 1.54) is 24.3 Å². The predicted molar refractivity (Wildman–Crippen MR) is 85.4 cm³/mol. The number of carbonyl (C=O) groups is 1. The lowest BCUT2D eigenvalue weighted by Gasteiger charge is -2.15. The van der Waals surface area contributed by atoms with Crippen molar-refractivity contribution in [2.24, 2.45) is 0 Å². The summed E-state index contributed by atoms with van der Waals surface area (Å²) in [5, 5.41) is 3.88. The number of ether oxygens (including phenoxy) is 1. The highest BCUT2D eigenvalue weighted by atomic mass is 35.5. The standard InChI is InChI=1S/C16H11ClF6N2O2/c17-11-6-5-9(7-10(11)15(18,19)20)8-24-14(26)25-12-3-1-2-4-13(12)27-16(21,22)23/h1-7H,8H2,(H2,24,25,26). The van der Waals surface area contributed by atoms with E-state index in [1.807, 2.05) is 0 Å². The lowest BCUT2D eigenvalue weighted by Crippen LogP contribution is -2.29. The van der Waals surface area contributed by atoms with Gasteiger partial charge in [0.2, 0.25) is 0 Å². The quantitative estimate of drug-likeness (QED) is 0.644. The molecule has 146 valence electrons. The number of alkyl halides is 6. The fraction of sp³-hybridized carbons (Fsp3) is 0.188. The van der Waals surface area contributed by atoms with E-state index >= 15 is 0 Å². The van der Waals surface area contributed by atoms with Crippen LogP contribution in [-0.2, 0) is 12.7 Å². The fourth-order valence-corrected chi connectivity index (χ4v) is 2.26. The van der Waals surface area contributed by atoms with Crippen molar-refractivity contribution in [3.63, 3.8) is 0 Å². The predicted octanol–water partition coefficient (Wildman–Crippen LogP) is 5.58. The molecule has 11 heteroatoms. The van der Waals surface area contributed by atoms with Crippen molar-refractivity contribution in [2.75, 3.05) is 5.32 Å². The lowest BCUT2D eigenvalue weighted by atomic mass is 10.1. The van der Waals surface area contributed by atoms with E-state index in [0.29, 0.717) is 0 Å². The number of nitrogens with one attached hydrogen (secondary N) is 2. The van der Waals surface area contributed by atoms with Gasteiger partial charge in [0.15, 0.2) is 5.75 Å². The Balaban J connectivity index is 2.04. The molecule has 0 saturated carbocycles. The maximum atomic E-state index is 12.8. The Morgan fingerprint density at radius 3 is 2.33 bits per heavy atom. The Morgan fingerprint density at radius 1 is 1.04 bits per heavy atom. The van der Waals surface area contributed by atoms with Crippen LogP contribution in [0.25, 0.3) is 0 Å². The summed E-state index contributed by atoms with van der Waals surface area (Å²) in [5.41, 5.74) is -1.23. The molecule has 0 saturated heterocycles. The van der Waals surface area contributed by atoms with Crippen LogP contribution in [-0.4, -0.2) is 12.4 Å². The van der Waals surface area contributed by atoms with Gasteiger partial charge < -0.3 is 15.4 Å². The highest BCUT2D eigenvalue weighted by molar-refractivity contribution is 6.31. The van der Waals surface area contributed by atoms with Crippen molar-refractivity contribution in [1.29, 1.82) is 0 Å². The minimum absolute atomic E-state index is 0.0988. The summed E-state index contributed by atoms with van der Waals surface area (Å²) < 4.78 is 79.2. The van der Waals surface area contributed by atoms with Gasteiger partial charge in [-0.25, -0.2) is 4.79 Å². The summed E-state index contributed by atoms with van der Waals surface area (Å²) in [6, 6.07) is 6.96. The van der Waals surface area contributed by atoms with Crippen molar-refractivity contribution in [2.45, 2.75) is 19.1 Å². The number of rotatable bonds is 4. The highest BCUT2D eigenvalue weighted by Crippen LogP contribution is 2.35. The number of carbonyl (C=O) groups excluding carboxylic acids is 1. The molecule has 0 heterocycles. The van der Waals surface area contributed by atoms with Crippen LogP contribution in [0.5, 0.6) is 5.75 Å². The van der Waals surface area contributed by atoms with E-state index in [2.05, 4.69) is 15.4 Å². The number of urea groups is 1. The van der Waals surface area contributed by atoms with Crippen molar-refractivity contribution in [1.82, 2.24) is 5.32 Å². The maximum Gasteiger partial charge on any atom is 0.573 e. The Labute approximate surface area is 154 Å². The van der Waals surface area contributed by atoms with Crippen LogP contribution in [0.3, 0.4) is 0 Å². The topological polar surface area (TPSA) is 50.4 Å². The van der Waals surface area contributed by atoms with Crippen LogP contribution in [0, 0.1) is 0 Å². The van der Waals surface area contributed by atoms with Crippen molar-refractivity contribution in [3.05, 3.63) is 58.6 Å². The SMILES string of the molecule is O=C(NCc1ccc(Cl)c(C(F)(F)F)c1)Nc1ccccc1OC(F)(F)F. The average molecular weight is 413 g/mol. The van der Waals surface area contributed by atoms with Gasteiger partial charge in [-0.1, -0.05) is 29.8 Å². The van der Waals surface area contributed by atoms with E-state index in [1.54, 1.807) is 0 Å². The molecule has 0 aromatic heterocycles. The lowest BCUT2D eigenvalue weighted by molar-refractivity contribution is -0.274. The molecule has 0 fully saturated rings. The summed E-state index contributed by atoms with van der Waals surface area (Å²) in [6.07, 6.45) is -9.62. The van der Waals surface area contributed by atoms with E-state index in [-0.39, 0.29) is 17.8 Å². The zero-order valence-electron chi connectivity index (χ0n) is 13.2. The van der Waals surface area contributed by atoms with Crippen molar-refractivity contribution >= 4 is 23.3 Å². The molecule has 2 aromatic rings. The summed E-state index contributed by atoms with van der Waals surface area (Å²) in [4.78, 5) is 11.8. The minimum Gasteiger partial charge on any atom is -0.404 e. The number of hydrogen-bond donors (Lipinski definition) is 2. The van der Waals surface area contributed by atoms with Crippen LogP contribution in [0.4, 0.5) is 36.8 Å². The van der Waals surface area contributed by atoms with Gasteiger partial charge in [-0.2, -0.15) is 13.2 Å². The van der Waals surface area contributed by atoms with Gasteiger partial charge in [0.05, 0.1) is 16.3 Å². The normalized spacial score (nSPS) is 11.8. The van der Waals surface area contributed by atoms with Gasteiger partial charge in [0.25, 0.3) is 0 Å². The van der Waals surface area contributed by atoms with Crippen molar-refractivity contribution < 1.29 is 35.9 Å². The molecule has 2 amide bonds. The number of hydrogen-bond acceptors (Lipinski definition) is 2. The van der Waals surface area contributed by atoms with Crippen LogP contribution in [0.2, 0.25) is 5.02 Å². The molecule has 27 heavy (non-hydrogen) atoms. The Bertz CT molecular complexity index is 823. The monoisotopic (exact) mass is 412 g/mol. The van der Waals surface area contributed by atoms with Gasteiger partial charge in [-0.3, -0.25) is 0 Å². The molecule has 0 radical (unpaired) electrons. The van der Waals surface area contributed by atoms with Crippen molar-refractivity contribution in [3.8, 4) is 5.75 Å². The van der Waals surface area contributed by atoms with Crippen LogP contribution in [0.1, 0.15) is 11.1 Å². The maximum absolute atomic E-state index is 12.8. The summed E-state index contributed by atoms with van der Waals surface area (Å²) >= 11 is 5.50. The first-order valence-electron chi connectivity index (χ1n) is 7.21. The minimum atomic E-state index is -4.95.